The molecule has 4 rings (SSSR count). The number of alkyl halides is 3. The van der Waals surface area contributed by atoms with Crippen LogP contribution in [0.15, 0.2) is 17.0 Å². The number of aromatic nitrogens is 4. The molecule has 2 saturated carbocycles. The third-order valence-electron chi connectivity index (χ3n) is 7.42. The fourth-order valence-corrected chi connectivity index (χ4v) is 6.71. The van der Waals surface area contributed by atoms with Crippen molar-refractivity contribution >= 4 is 10.0 Å². The van der Waals surface area contributed by atoms with Gasteiger partial charge in [-0.2, -0.15) is 13.2 Å². The van der Waals surface area contributed by atoms with Crippen LogP contribution in [0.25, 0.3) is 11.4 Å². The van der Waals surface area contributed by atoms with E-state index in [1.165, 1.54) is 18.9 Å². The maximum atomic E-state index is 13.7. The van der Waals surface area contributed by atoms with Gasteiger partial charge in [-0.25, -0.2) is 18.7 Å². The molecular formula is C22H32F3N7O2S. The molecule has 13 heteroatoms. The highest BCUT2D eigenvalue weighted by Crippen LogP contribution is 2.44. The lowest BCUT2D eigenvalue weighted by Crippen LogP contribution is -2.42. The predicted molar refractivity (Wildman–Crippen MR) is 124 cm³/mol. The summed E-state index contributed by atoms with van der Waals surface area (Å²) in [6, 6.07) is 2.94. The van der Waals surface area contributed by atoms with Crippen LogP contribution in [0.2, 0.25) is 0 Å². The van der Waals surface area contributed by atoms with Gasteiger partial charge in [0.1, 0.15) is 4.90 Å². The van der Waals surface area contributed by atoms with E-state index >= 15 is 0 Å². The van der Waals surface area contributed by atoms with Gasteiger partial charge in [0.15, 0.2) is 5.82 Å². The van der Waals surface area contributed by atoms with E-state index in [4.69, 9.17) is 10.9 Å². The Balaban J connectivity index is 1.54. The molecule has 2 aromatic rings. The zero-order valence-electron chi connectivity index (χ0n) is 19.4. The van der Waals surface area contributed by atoms with Crippen molar-refractivity contribution in [3.63, 3.8) is 0 Å². The molecule has 6 N–H and O–H groups in total. The Labute approximate surface area is 202 Å². The number of primary sulfonamides is 1. The van der Waals surface area contributed by atoms with E-state index in [1.54, 1.807) is 0 Å². The van der Waals surface area contributed by atoms with E-state index in [2.05, 4.69) is 25.9 Å². The van der Waals surface area contributed by atoms with E-state index in [1.807, 2.05) is 0 Å². The number of sulfonamides is 1. The molecule has 0 saturated heterocycles. The minimum Gasteiger partial charge on any atom is -0.330 e. The molecule has 35 heavy (non-hydrogen) atoms. The normalized spacial score (nSPS) is 26.1. The lowest BCUT2D eigenvalue weighted by atomic mass is 9.78. The number of hydrogen-bond acceptors (Lipinski definition) is 7. The van der Waals surface area contributed by atoms with Gasteiger partial charge in [0.05, 0.1) is 5.56 Å². The van der Waals surface area contributed by atoms with Gasteiger partial charge in [0.25, 0.3) is 0 Å². The maximum Gasteiger partial charge on any atom is 0.417 e. The third kappa shape index (κ3) is 6.01. The topological polar surface area (TPSA) is 153 Å². The third-order valence-corrected chi connectivity index (χ3v) is 8.42. The summed E-state index contributed by atoms with van der Waals surface area (Å²) >= 11 is 0. The van der Waals surface area contributed by atoms with E-state index in [-0.39, 0.29) is 17.3 Å². The number of aromatic amines is 1. The Hall–Kier alpha value is -2.09. The van der Waals surface area contributed by atoms with Crippen molar-refractivity contribution in [1.29, 1.82) is 0 Å². The van der Waals surface area contributed by atoms with Crippen LogP contribution in [0.5, 0.6) is 0 Å². The number of benzene rings is 1. The fourth-order valence-electron chi connectivity index (χ4n) is 5.72. The second kappa shape index (κ2) is 10.5. The van der Waals surface area contributed by atoms with Crippen molar-refractivity contribution < 1.29 is 21.6 Å². The maximum absolute atomic E-state index is 13.7. The van der Waals surface area contributed by atoms with Gasteiger partial charge in [-0.15, -0.1) is 5.10 Å². The van der Waals surface area contributed by atoms with Crippen LogP contribution in [-0.4, -0.2) is 47.7 Å². The average Bonchev–Trinajstić information content (AvgIpc) is 3.34. The number of nitrogens with two attached hydrogens (primary N) is 2. The van der Waals surface area contributed by atoms with Gasteiger partial charge >= 0.3 is 6.18 Å². The lowest BCUT2D eigenvalue weighted by Gasteiger charge is -2.36. The molecule has 2 aliphatic rings. The largest absolute Gasteiger partial charge is 0.417 e. The van der Waals surface area contributed by atoms with Crippen LogP contribution in [0, 0.1) is 5.92 Å². The molecule has 0 unspecified atom stereocenters. The Kier molecular flexibility index (Phi) is 7.79. The molecule has 194 valence electrons. The van der Waals surface area contributed by atoms with Crippen molar-refractivity contribution in [3.8, 4) is 11.4 Å². The first-order valence-electron chi connectivity index (χ1n) is 12.0. The van der Waals surface area contributed by atoms with Gasteiger partial charge < -0.3 is 11.1 Å². The Morgan fingerprint density at radius 3 is 2.17 bits per heavy atom. The van der Waals surface area contributed by atoms with E-state index in [9.17, 15) is 21.6 Å². The molecule has 0 radical (unpaired) electrons. The van der Waals surface area contributed by atoms with Crippen molar-refractivity contribution in [2.75, 3.05) is 6.54 Å². The molecule has 9 nitrogen and oxygen atoms in total. The highest BCUT2D eigenvalue weighted by molar-refractivity contribution is 7.89. The molecule has 0 aliphatic heterocycles. The summed E-state index contributed by atoms with van der Waals surface area (Å²) in [4.78, 5) is -0.990. The second-order valence-electron chi connectivity index (χ2n) is 9.71. The van der Waals surface area contributed by atoms with Gasteiger partial charge in [-0.3, -0.25) is 0 Å². The molecule has 1 aromatic heterocycles. The molecule has 0 bridgehead atoms. The Morgan fingerprint density at radius 1 is 1.03 bits per heavy atom. The molecule has 0 atom stereocenters. The first-order valence-corrected chi connectivity index (χ1v) is 13.6. The summed E-state index contributed by atoms with van der Waals surface area (Å²) in [6.07, 6.45) is 3.87. The van der Waals surface area contributed by atoms with Crippen LogP contribution in [-0.2, 0) is 16.2 Å². The average molecular weight is 516 g/mol. The Morgan fingerprint density at radius 2 is 1.66 bits per heavy atom. The molecule has 2 fully saturated rings. The predicted octanol–water partition coefficient (Wildman–Crippen LogP) is 3.06. The van der Waals surface area contributed by atoms with Crippen LogP contribution >= 0.6 is 0 Å². The number of tetrazole rings is 1. The van der Waals surface area contributed by atoms with Crippen molar-refractivity contribution in [1.82, 2.24) is 25.9 Å². The van der Waals surface area contributed by atoms with Gasteiger partial charge in [-0.1, -0.05) is 6.07 Å². The number of nitrogens with one attached hydrogen (secondary N) is 2. The zero-order valence-corrected chi connectivity index (χ0v) is 20.2. The number of H-pyrrole nitrogens is 1. The minimum atomic E-state index is -4.91. The summed E-state index contributed by atoms with van der Waals surface area (Å²) in [5, 5.41) is 22.1. The molecule has 2 aliphatic carbocycles. The van der Waals surface area contributed by atoms with Gasteiger partial charge in [-0.05, 0) is 98.2 Å². The van der Waals surface area contributed by atoms with Crippen LogP contribution in [0.1, 0.15) is 74.8 Å². The number of halogens is 3. The zero-order chi connectivity index (χ0) is 25.2. The lowest BCUT2D eigenvalue weighted by molar-refractivity contribution is -0.139. The molecule has 1 heterocycles. The standard InChI is InChI=1S/C22H32F3N7O2S/c23-22(24,25)18-10-9-17(19(20(18)35(27,33)34)21-29-31-32-30-21)14-3-7-16(8-4-14)28-15-5-1-13(2-6-15)11-12-26/h9-10,13-16,28H,1-8,11-12,26H2,(H2,27,33,34)(H,29,30,31,32). The summed E-state index contributed by atoms with van der Waals surface area (Å²) in [6.45, 7) is 0.732. The van der Waals surface area contributed by atoms with Gasteiger partial charge in [0, 0.05) is 17.6 Å². The van der Waals surface area contributed by atoms with E-state index in [0.717, 1.165) is 44.7 Å². The fraction of sp³-hybridized carbons (Fsp3) is 0.682. The van der Waals surface area contributed by atoms with Crippen LogP contribution in [0.3, 0.4) is 0 Å². The van der Waals surface area contributed by atoms with Crippen LogP contribution < -0.4 is 16.2 Å². The summed E-state index contributed by atoms with van der Waals surface area (Å²) in [7, 11) is -4.73. The number of rotatable bonds is 7. The monoisotopic (exact) mass is 515 g/mol. The highest BCUT2D eigenvalue weighted by Gasteiger charge is 2.40. The Bertz CT molecular complexity index is 1090. The van der Waals surface area contributed by atoms with E-state index in [0.29, 0.717) is 36.4 Å². The molecular weight excluding hydrogens is 483 g/mol. The highest BCUT2D eigenvalue weighted by atomic mass is 32.2. The first-order chi connectivity index (χ1) is 16.6. The summed E-state index contributed by atoms with van der Waals surface area (Å²) < 4.78 is 65.9. The smallest absolute Gasteiger partial charge is 0.330 e. The van der Waals surface area contributed by atoms with Gasteiger partial charge in [0.2, 0.25) is 10.0 Å². The van der Waals surface area contributed by atoms with Crippen molar-refractivity contribution in [3.05, 3.63) is 23.3 Å². The molecule has 1 aromatic carbocycles. The quantitative estimate of drug-likeness (QED) is 0.442. The summed E-state index contributed by atoms with van der Waals surface area (Å²) in [5.41, 5.74) is 4.63. The van der Waals surface area contributed by atoms with Crippen molar-refractivity contribution in [2.24, 2.45) is 16.8 Å². The SMILES string of the molecule is NCCC1CCC(NC2CCC(c3ccc(C(F)(F)F)c(S(N)(=O)=O)c3-c3nnn[nH]3)CC2)CC1. The minimum absolute atomic E-state index is 0.142. The number of nitrogens with zero attached hydrogens (tertiary/aromatic N) is 3. The van der Waals surface area contributed by atoms with Crippen molar-refractivity contribution in [2.45, 2.75) is 86.9 Å². The molecule has 0 amide bonds. The molecule has 0 spiro atoms. The number of hydrogen-bond donors (Lipinski definition) is 4. The second-order valence-corrected chi connectivity index (χ2v) is 11.2. The summed E-state index contributed by atoms with van der Waals surface area (Å²) in [5.74, 6) is 0.423. The van der Waals surface area contributed by atoms with E-state index < -0.39 is 26.7 Å². The van der Waals surface area contributed by atoms with Crippen LogP contribution in [0.4, 0.5) is 13.2 Å². The first kappa shape index (κ1) is 26.0.